The third-order valence-corrected chi connectivity index (χ3v) is 19.6. The summed E-state index contributed by atoms with van der Waals surface area (Å²) in [5.41, 5.74) is 19.6. The first-order valence-corrected chi connectivity index (χ1v) is 22.8. The summed E-state index contributed by atoms with van der Waals surface area (Å²) < 4.78 is 44.5. The predicted molar refractivity (Wildman–Crippen MR) is 224 cm³/mol. The summed E-state index contributed by atoms with van der Waals surface area (Å²) in [5.74, 6) is 1.51. The summed E-state index contributed by atoms with van der Waals surface area (Å²) in [7, 11) is -6.72. The van der Waals surface area contributed by atoms with Crippen LogP contribution in [0.2, 0.25) is 0 Å². The van der Waals surface area contributed by atoms with Gasteiger partial charge in [0.1, 0.15) is 22.7 Å². The number of nitrogens with two attached hydrogens (primary N) is 2. The lowest BCUT2D eigenvalue weighted by molar-refractivity contribution is 0.101. The molecule has 4 N–H and O–H groups in total. The fourth-order valence-electron chi connectivity index (χ4n) is 9.81. The fourth-order valence-corrected chi connectivity index (χ4v) is 16.4. The van der Waals surface area contributed by atoms with Crippen molar-refractivity contribution in [2.75, 3.05) is 11.5 Å². The van der Waals surface area contributed by atoms with Gasteiger partial charge < -0.3 is 29.4 Å². The summed E-state index contributed by atoms with van der Waals surface area (Å²) >= 11 is 0. The van der Waals surface area contributed by atoms with Crippen molar-refractivity contribution in [2.45, 2.75) is 83.5 Å². The van der Waals surface area contributed by atoms with Crippen LogP contribution in [0.15, 0.2) is 99.8 Å². The number of ketones is 1. The van der Waals surface area contributed by atoms with E-state index >= 15 is 9.13 Å². The van der Waals surface area contributed by atoms with E-state index in [1.54, 1.807) is 12.1 Å². The Hall–Kier alpha value is -4.83. The van der Waals surface area contributed by atoms with Crippen molar-refractivity contribution in [3.8, 4) is 11.1 Å². The molecular weight excluding hydrogens is 722 g/mol. The van der Waals surface area contributed by atoms with Gasteiger partial charge in [0.15, 0.2) is 20.0 Å². The van der Waals surface area contributed by atoms with Gasteiger partial charge in [0, 0.05) is 39.3 Å². The summed E-state index contributed by atoms with van der Waals surface area (Å²) in [4.78, 5) is 13.8. The molecule has 280 valence electrons. The topological polar surface area (TPSA) is 130 Å². The molecule has 9 heteroatoms. The molecule has 9 rings (SSSR count). The molecule has 2 aromatic heterocycles. The molecule has 1 spiro atoms. The minimum absolute atomic E-state index is 0.0179. The number of benzene rings is 4. The SMILES string of the molecule is CC(C)c1oc2c(c1N)P(=O)(C(C)C)c1ccccc1C21c2ccccc2-c2cc(CC(C)P3(=O)c4ccccc4C(=O)c4oc(C(C)C)c(N)c43)ccc21. The molecule has 1 aliphatic carbocycles. The molecule has 0 amide bonds. The van der Waals surface area contributed by atoms with Crippen molar-refractivity contribution in [3.05, 3.63) is 142 Å². The maximum Gasteiger partial charge on any atom is 0.229 e. The molecule has 0 fully saturated rings. The molecule has 2 aliphatic heterocycles. The van der Waals surface area contributed by atoms with Crippen molar-refractivity contribution in [3.63, 3.8) is 0 Å². The number of hydrogen-bond acceptors (Lipinski definition) is 7. The molecule has 4 heterocycles. The van der Waals surface area contributed by atoms with E-state index in [9.17, 15) is 4.79 Å². The lowest BCUT2D eigenvalue weighted by Crippen LogP contribution is -2.44. The average molecular weight is 769 g/mol. The zero-order valence-corrected chi connectivity index (χ0v) is 34.1. The van der Waals surface area contributed by atoms with E-state index in [1.807, 2.05) is 71.0 Å². The van der Waals surface area contributed by atoms with Gasteiger partial charge in [-0.1, -0.05) is 139 Å². The van der Waals surface area contributed by atoms with Gasteiger partial charge >= 0.3 is 0 Å². The highest BCUT2D eigenvalue weighted by Gasteiger charge is 2.59. The van der Waals surface area contributed by atoms with Gasteiger partial charge in [0.25, 0.3) is 0 Å². The van der Waals surface area contributed by atoms with Gasteiger partial charge in [-0.15, -0.1) is 0 Å². The van der Waals surface area contributed by atoms with Crippen LogP contribution in [0.4, 0.5) is 11.4 Å². The minimum Gasteiger partial charge on any atom is -0.461 e. The first-order chi connectivity index (χ1) is 26.2. The molecule has 55 heavy (non-hydrogen) atoms. The average Bonchev–Trinajstić information content (AvgIpc) is 3.81. The maximum atomic E-state index is 15.8. The van der Waals surface area contributed by atoms with Gasteiger partial charge in [0.2, 0.25) is 5.78 Å². The number of furan rings is 2. The second kappa shape index (κ2) is 12.1. The van der Waals surface area contributed by atoms with Crippen molar-refractivity contribution < 1.29 is 22.8 Å². The number of carbonyl (C=O) groups is 1. The summed E-state index contributed by atoms with van der Waals surface area (Å²) in [6, 6.07) is 30.2. The molecule has 0 bridgehead atoms. The van der Waals surface area contributed by atoms with Crippen LogP contribution in [0, 0.1) is 0 Å². The van der Waals surface area contributed by atoms with Crippen LogP contribution in [0.1, 0.15) is 116 Å². The van der Waals surface area contributed by atoms with Crippen LogP contribution in [0.3, 0.4) is 0 Å². The summed E-state index contributed by atoms with van der Waals surface area (Å²) in [5, 5.41) is 2.35. The second-order valence-electron chi connectivity index (χ2n) is 16.4. The van der Waals surface area contributed by atoms with Gasteiger partial charge in [-0.3, -0.25) is 4.79 Å². The number of carbonyl (C=O) groups excluding carboxylic acids is 1. The monoisotopic (exact) mass is 768 g/mol. The Balaban J connectivity index is 1.25. The first-order valence-electron chi connectivity index (χ1n) is 19.2. The van der Waals surface area contributed by atoms with Gasteiger partial charge in [-0.05, 0) is 39.8 Å². The quantitative estimate of drug-likeness (QED) is 0.162. The molecule has 4 unspecified atom stereocenters. The Morgan fingerprint density at radius 3 is 1.85 bits per heavy atom. The van der Waals surface area contributed by atoms with Crippen molar-refractivity contribution >= 4 is 52.7 Å². The number of rotatable bonds is 6. The van der Waals surface area contributed by atoms with Gasteiger partial charge in [0.05, 0.1) is 22.0 Å². The van der Waals surface area contributed by atoms with E-state index in [-0.39, 0.29) is 29.0 Å². The molecule has 7 nitrogen and oxygen atoms in total. The largest absolute Gasteiger partial charge is 0.461 e. The van der Waals surface area contributed by atoms with Crippen LogP contribution < -0.4 is 32.7 Å². The second-order valence-corrected chi connectivity index (χ2v) is 22.8. The van der Waals surface area contributed by atoms with Crippen LogP contribution in [-0.4, -0.2) is 17.1 Å². The summed E-state index contributed by atoms with van der Waals surface area (Å²) in [6.45, 7) is 14.0. The normalized spacial score (nSPS) is 22.4. The van der Waals surface area contributed by atoms with Crippen molar-refractivity contribution in [1.29, 1.82) is 0 Å². The summed E-state index contributed by atoms with van der Waals surface area (Å²) in [6.07, 6.45) is 0.457. The number of hydrogen-bond donors (Lipinski definition) is 2. The lowest BCUT2D eigenvalue weighted by atomic mass is 9.70. The van der Waals surface area contributed by atoms with Crippen molar-refractivity contribution in [1.82, 2.24) is 0 Å². The Kier molecular flexibility index (Phi) is 7.88. The first kappa shape index (κ1) is 35.8. The lowest BCUT2D eigenvalue weighted by Gasteiger charge is -2.41. The number of nitrogen functional groups attached to an aromatic ring is 2. The molecule has 4 atom stereocenters. The smallest absolute Gasteiger partial charge is 0.229 e. The Bertz CT molecular complexity index is 2720. The third-order valence-electron chi connectivity index (χ3n) is 12.3. The zero-order valence-electron chi connectivity index (χ0n) is 32.3. The highest BCUT2D eigenvalue weighted by Crippen LogP contribution is 2.66. The van der Waals surface area contributed by atoms with Gasteiger partial charge in [-0.25, -0.2) is 0 Å². The molecule has 4 aromatic carbocycles. The minimum atomic E-state index is -3.49. The Morgan fingerprint density at radius 1 is 0.618 bits per heavy atom. The number of anilines is 2. The maximum absolute atomic E-state index is 15.8. The Labute approximate surface area is 322 Å². The molecular formula is C46H46N2O5P2. The van der Waals surface area contributed by atoms with Crippen molar-refractivity contribution in [2.24, 2.45) is 0 Å². The van der Waals surface area contributed by atoms with E-state index in [4.69, 9.17) is 20.3 Å². The van der Waals surface area contributed by atoms with E-state index in [2.05, 4.69) is 56.3 Å². The highest BCUT2D eigenvalue weighted by atomic mass is 31.2. The third kappa shape index (κ3) is 4.43. The molecule has 0 saturated heterocycles. The molecule has 3 aliphatic rings. The van der Waals surface area contributed by atoms with Crippen LogP contribution >= 0.6 is 14.3 Å². The Morgan fingerprint density at radius 2 is 1.18 bits per heavy atom. The fraction of sp³-hybridized carbons (Fsp3) is 0.283. The van der Waals surface area contributed by atoms with E-state index in [1.165, 1.54) is 0 Å². The molecule has 0 saturated carbocycles. The van der Waals surface area contributed by atoms with E-state index in [0.29, 0.717) is 56.6 Å². The zero-order chi connectivity index (χ0) is 38.9. The molecule has 6 aromatic rings. The standard InChI is InChI=1S/C46H46N2O5P2/c1-24(2)40-37(47)43-42(52-40)39(49)30-15-9-12-18-35(30)55(43,51)27(7)22-28-20-21-33-31(23-28)29-14-8-10-16-32(29)46(33)34-17-11-13-19-36(34)54(50,26(5)6)44-38(48)41(25(3)4)53-45(44)46/h8-21,23-27H,22,47-48H2,1-7H3. The highest BCUT2D eigenvalue weighted by molar-refractivity contribution is 7.80. The van der Waals surface area contributed by atoms with Gasteiger partial charge in [-0.2, -0.15) is 0 Å². The van der Waals surface area contributed by atoms with E-state index < -0.39 is 25.4 Å². The van der Waals surface area contributed by atoms with Crippen LogP contribution in [0.25, 0.3) is 11.1 Å². The predicted octanol–water partition coefficient (Wildman–Crippen LogP) is 9.17. The van der Waals surface area contributed by atoms with E-state index in [0.717, 1.165) is 38.7 Å². The number of fused-ring (bicyclic) bond motifs is 11. The van der Waals surface area contributed by atoms with Crippen LogP contribution in [-0.2, 0) is 21.0 Å². The molecule has 0 radical (unpaired) electrons. The van der Waals surface area contributed by atoms with Crippen LogP contribution in [0.5, 0.6) is 0 Å².